The summed E-state index contributed by atoms with van der Waals surface area (Å²) in [7, 11) is 1.60. The molecule has 0 aromatic heterocycles. The molecule has 0 unspecified atom stereocenters. The third kappa shape index (κ3) is 9.31. The van der Waals surface area contributed by atoms with Gasteiger partial charge in [0.2, 0.25) is 5.90 Å². The number of ether oxygens (including phenoxy) is 4. The van der Waals surface area contributed by atoms with E-state index in [1.165, 1.54) is 0 Å². The van der Waals surface area contributed by atoms with E-state index in [1.807, 2.05) is 0 Å². The number of aliphatic hydroxyl groups excluding tert-OH is 1. The highest BCUT2D eigenvalue weighted by Gasteiger charge is 2.54. The normalized spacial score (nSPS) is 18.3. The molecule has 0 bridgehead atoms. The summed E-state index contributed by atoms with van der Waals surface area (Å²) in [5.41, 5.74) is 4.46. The van der Waals surface area contributed by atoms with Crippen LogP contribution >= 0.6 is 23.2 Å². The number of halogens is 2. The summed E-state index contributed by atoms with van der Waals surface area (Å²) in [5.74, 6) is -0.168. The quantitative estimate of drug-likeness (QED) is 0.147. The first-order valence-corrected chi connectivity index (χ1v) is 14.5. The van der Waals surface area contributed by atoms with Gasteiger partial charge in [-0.05, 0) is 70.0 Å². The van der Waals surface area contributed by atoms with Crippen LogP contribution in [0.15, 0.2) is 47.5 Å². The number of amides is 1. The lowest BCUT2D eigenvalue weighted by Gasteiger charge is -2.31. The van der Waals surface area contributed by atoms with Gasteiger partial charge in [0.1, 0.15) is 11.4 Å². The van der Waals surface area contributed by atoms with Gasteiger partial charge in [-0.2, -0.15) is 0 Å². The molecule has 0 saturated heterocycles. The SMILES string of the molecule is COCCCNNC(=O)[C@@]1(CCC(=O)OC(C)(C)C)N=C(c2ccc(OCCCO)cc2)O[C@H]1c1ccc(Cl)cc1Cl. The minimum atomic E-state index is -1.59. The molecule has 0 saturated carbocycles. The van der Waals surface area contributed by atoms with Crippen molar-refractivity contribution < 1.29 is 33.6 Å². The Labute approximate surface area is 256 Å². The van der Waals surface area contributed by atoms with Crippen LogP contribution in [0.25, 0.3) is 0 Å². The first-order chi connectivity index (χ1) is 20.0. The standard InChI is InChI=1S/C30H39Cl2N3O7/c1-29(2,3)42-25(37)13-14-30(28(38)35-33-15-5-17-39-4)26(23-12-9-21(31)19-24(23)32)41-27(34-30)20-7-10-22(11-8-20)40-18-6-16-36/h7-12,19,26,33,36H,5-6,13-18H2,1-4H3,(H,35,38)/t26-,30-/m0/s1. The van der Waals surface area contributed by atoms with Crippen molar-refractivity contribution in [3.05, 3.63) is 63.6 Å². The van der Waals surface area contributed by atoms with Crippen molar-refractivity contribution in [2.75, 3.05) is 33.5 Å². The molecule has 0 radical (unpaired) electrons. The van der Waals surface area contributed by atoms with Gasteiger partial charge in [0, 0.05) is 60.9 Å². The van der Waals surface area contributed by atoms with Crippen LogP contribution in [0.2, 0.25) is 10.0 Å². The molecule has 2 aromatic carbocycles. The average Bonchev–Trinajstić information content (AvgIpc) is 3.32. The van der Waals surface area contributed by atoms with Gasteiger partial charge in [0.25, 0.3) is 5.91 Å². The van der Waals surface area contributed by atoms with Gasteiger partial charge in [-0.15, -0.1) is 0 Å². The van der Waals surface area contributed by atoms with Gasteiger partial charge < -0.3 is 24.1 Å². The van der Waals surface area contributed by atoms with Gasteiger partial charge in [-0.1, -0.05) is 29.3 Å². The lowest BCUT2D eigenvalue weighted by Crippen LogP contribution is -2.53. The lowest BCUT2D eigenvalue weighted by molar-refractivity contribution is -0.155. The molecule has 3 rings (SSSR count). The Morgan fingerprint density at radius 2 is 1.83 bits per heavy atom. The van der Waals surface area contributed by atoms with E-state index in [0.717, 1.165) is 0 Å². The summed E-state index contributed by atoms with van der Waals surface area (Å²) >= 11 is 12.8. The molecular weight excluding hydrogens is 585 g/mol. The van der Waals surface area contributed by atoms with Gasteiger partial charge in [-0.3, -0.25) is 15.0 Å². The molecule has 3 N–H and O–H groups in total. The zero-order valence-corrected chi connectivity index (χ0v) is 25.9. The summed E-state index contributed by atoms with van der Waals surface area (Å²) in [6, 6.07) is 11.9. The Morgan fingerprint density at radius 3 is 2.48 bits per heavy atom. The third-order valence-corrected chi connectivity index (χ3v) is 6.82. The summed E-state index contributed by atoms with van der Waals surface area (Å²) in [4.78, 5) is 31.6. The number of nitrogens with one attached hydrogen (secondary N) is 2. The highest BCUT2D eigenvalue weighted by atomic mass is 35.5. The number of hydrogen-bond acceptors (Lipinski definition) is 9. The summed E-state index contributed by atoms with van der Waals surface area (Å²) in [6.07, 6.45) is 0.0550. The van der Waals surface area contributed by atoms with Crippen molar-refractivity contribution in [2.45, 2.75) is 63.7 Å². The van der Waals surface area contributed by atoms with Gasteiger partial charge in [0.05, 0.1) is 6.61 Å². The first-order valence-electron chi connectivity index (χ1n) is 13.8. The molecule has 2 atom stereocenters. The minimum Gasteiger partial charge on any atom is -0.494 e. The molecule has 230 valence electrons. The maximum atomic E-state index is 14.0. The summed E-state index contributed by atoms with van der Waals surface area (Å²) in [6.45, 7) is 6.70. The second-order valence-corrected chi connectivity index (χ2v) is 11.6. The van der Waals surface area contributed by atoms with E-state index in [9.17, 15) is 9.59 Å². The molecule has 0 aliphatic carbocycles. The van der Waals surface area contributed by atoms with Crippen LogP contribution in [0.5, 0.6) is 5.75 Å². The van der Waals surface area contributed by atoms with Crippen LogP contribution in [0.1, 0.15) is 63.7 Å². The van der Waals surface area contributed by atoms with Crippen molar-refractivity contribution in [2.24, 2.45) is 4.99 Å². The van der Waals surface area contributed by atoms with Crippen LogP contribution in [-0.4, -0.2) is 67.5 Å². The van der Waals surface area contributed by atoms with Crippen LogP contribution in [0, 0.1) is 0 Å². The highest BCUT2D eigenvalue weighted by Crippen LogP contribution is 2.45. The fourth-order valence-electron chi connectivity index (χ4n) is 4.30. The number of hydrogen-bond donors (Lipinski definition) is 3. The smallest absolute Gasteiger partial charge is 0.306 e. The molecule has 2 aromatic rings. The number of aliphatic imine (C=N–C) groups is 1. The largest absolute Gasteiger partial charge is 0.494 e. The summed E-state index contributed by atoms with van der Waals surface area (Å²) in [5, 5.41) is 9.71. The van der Waals surface area contributed by atoms with Crippen LogP contribution < -0.4 is 15.6 Å². The number of esters is 1. The topological polar surface area (TPSA) is 128 Å². The molecule has 12 heteroatoms. The van der Waals surface area contributed by atoms with Crippen molar-refractivity contribution in [1.82, 2.24) is 10.9 Å². The lowest BCUT2D eigenvalue weighted by atomic mass is 9.83. The van der Waals surface area contributed by atoms with Crippen LogP contribution in [0.4, 0.5) is 0 Å². The maximum absolute atomic E-state index is 14.0. The number of nitrogens with zero attached hydrogens (tertiary/aromatic N) is 1. The molecule has 1 heterocycles. The Hall–Kier alpha value is -2.89. The van der Waals surface area contributed by atoms with Crippen molar-refractivity contribution >= 4 is 41.0 Å². The second-order valence-electron chi connectivity index (χ2n) is 10.8. The van der Waals surface area contributed by atoms with E-state index in [1.54, 1.807) is 70.3 Å². The van der Waals surface area contributed by atoms with Crippen molar-refractivity contribution in [3.8, 4) is 5.75 Å². The number of hydrazine groups is 1. The van der Waals surface area contributed by atoms with Crippen LogP contribution in [0.3, 0.4) is 0 Å². The van der Waals surface area contributed by atoms with E-state index in [-0.39, 0.29) is 25.3 Å². The van der Waals surface area contributed by atoms with Crippen molar-refractivity contribution in [3.63, 3.8) is 0 Å². The Bertz CT molecular complexity index is 1230. The van der Waals surface area contributed by atoms with Crippen molar-refractivity contribution in [1.29, 1.82) is 0 Å². The minimum absolute atomic E-state index is 0.0248. The van der Waals surface area contributed by atoms with E-state index in [4.69, 9.17) is 52.2 Å². The Morgan fingerprint density at radius 1 is 1.10 bits per heavy atom. The molecular formula is C30H39Cl2N3O7. The van der Waals surface area contributed by atoms with Gasteiger partial charge >= 0.3 is 5.97 Å². The first kappa shape index (κ1) is 33.6. The van der Waals surface area contributed by atoms with E-state index in [2.05, 4.69) is 10.9 Å². The zero-order valence-electron chi connectivity index (χ0n) is 24.4. The van der Waals surface area contributed by atoms with Crippen LogP contribution in [-0.2, 0) is 23.8 Å². The number of carbonyl (C=O) groups excluding carboxylic acids is 2. The zero-order chi connectivity index (χ0) is 30.8. The Balaban J connectivity index is 2.01. The number of aliphatic hydroxyl groups is 1. The number of rotatable bonds is 15. The predicted molar refractivity (Wildman–Crippen MR) is 161 cm³/mol. The molecule has 1 aliphatic heterocycles. The third-order valence-electron chi connectivity index (χ3n) is 6.26. The molecule has 0 spiro atoms. The van der Waals surface area contributed by atoms with E-state index < -0.39 is 29.1 Å². The number of carbonyl (C=O) groups is 2. The summed E-state index contributed by atoms with van der Waals surface area (Å²) < 4.78 is 22.6. The number of benzene rings is 2. The maximum Gasteiger partial charge on any atom is 0.306 e. The fourth-order valence-corrected chi connectivity index (χ4v) is 4.81. The van der Waals surface area contributed by atoms with Gasteiger partial charge in [0.15, 0.2) is 11.6 Å². The average molecular weight is 625 g/mol. The molecule has 1 aliphatic rings. The predicted octanol–water partition coefficient (Wildman–Crippen LogP) is 4.79. The molecule has 0 fully saturated rings. The van der Waals surface area contributed by atoms with Gasteiger partial charge in [-0.25, -0.2) is 10.4 Å². The monoisotopic (exact) mass is 623 g/mol. The molecule has 42 heavy (non-hydrogen) atoms. The highest BCUT2D eigenvalue weighted by molar-refractivity contribution is 6.35. The second kappa shape index (κ2) is 15.5. The van der Waals surface area contributed by atoms with E-state index >= 15 is 0 Å². The number of methoxy groups -OCH3 is 1. The Kier molecular flexibility index (Phi) is 12.4. The van der Waals surface area contributed by atoms with E-state index in [0.29, 0.717) is 59.5 Å². The molecule has 1 amide bonds. The molecule has 10 nitrogen and oxygen atoms in total. The fraction of sp³-hybridized carbons (Fsp3) is 0.500.